The fourth-order valence-corrected chi connectivity index (χ4v) is 2.73. The van der Waals surface area contributed by atoms with Crippen molar-refractivity contribution < 1.29 is 13.2 Å². The van der Waals surface area contributed by atoms with Gasteiger partial charge in [0.1, 0.15) is 11.7 Å². The molecule has 3 nitrogen and oxygen atoms in total. The van der Waals surface area contributed by atoms with Crippen LogP contribution in [0.3, 0.4) is 0 Å². The van der Waals surface area contributed by atoms with E-state index in [1.165, 1.54) is 12.1 Å². The quantitative estimate of drug-likeness (QED) is 0.580. The Kier molecular flexibility index (Phi) is 3.66. The van der Waals surface area contributed by atoms with Crippen LogP contribution in [-0.4, -0.2) is 25.8 Å². The van der Waals surface area contributed by atoms with Gasteiger partial charge in [-0.1, -0.05) is 18.2 Å². The molecule has 1 rings (SSSR count). The third kappa shape index (κ3) is 2.82. The van der Waals surface area contributed by atoms with Crippen molar-refractivity contribution in [2.24, 2.45) is 0 Å². The summed E-state index contributed by atoms with van der Waals surface area (Å²) >= 11 is 5.45. The van der Waals surface area contributed by atoms with Gasteiger partial charge in [-0.05, 0) is 12.1 Å². The first-order valence-corrected chi connectivity index (χ1v) is 6.02. The molecule has 0 aliphatic rings. The average molecular weight is 233 g/mol. The number of halogens is 1. The van der Waals surface area contributed by atoms with E-state index in [1.54, 1.807) is 18.2 Å². The Hall–Kier alpha value is -0.870. The molecular formula is C9H9ClO3S. The van der Waals surface area contributed by atoms with Crippen LogP contribution in [0.4, 0.5) is 0 Å². The second-order valence-corrected chi connectivity index (χ2v) is 5.34. The molecule has 0 saturated carbocycles. The summed E-state index contributed by atoms with van der Waals surface area (Å²) in [5.74, 6) is -0.359. The highest BCUT2D eigenvalue weighted by Gasteiger charge is 2.18. The van der Waals surface area contributed by atoms with Gasteiger partial charge in [-0.3, -0.25) is 0 Å². The lowest BCUT2D eigenvalue weighted by Gasteiger charge is -2.04. The predicted molar refractivity (Wildman–Crippen MR) is 54.2 cm³/mol. The van der Waals surface area contributed by atoms with Crippen LogP contribution in [0.5, 0.6) is 0 Å². The van der Waals surface area contributed by atoms with Gasteiger partial charge in [0.05, 0.1) is 10.6 Å². The molecule has 1 unspecified atom stereocenters. The summed E-state index contributed by atoms with van der Waals surface area (Å²) in [5.41, 5.74) is 0. The Morgan fingerprint density at radius 2 is 1.86 bits per heavy atom. The lowest BCUT2D eigenvalue weighted by atomic mass is 10.4. The Bertz CT molecular complexity index is 399. The van der Waals surface area contributed by atoms with Crippen molar-refractivity contribution in [3.05, 3.63) is 30.3 Å². The zero-order chi connectivity index (χ0) is 10.6. The largest absolute Gasteiger partial charge is 0.302 e. The van der Waals surface area contributed by atoms with Crippen molar-refractivity contribution in [1.82, 2.24) is 0 Å². The van der Waals surface area contributed by atoms with Gasteiger partial charge in [-0.15, -0.1) is 11.6 Å². The monoisotopic (exact) mass is 232 g/mol. The van der Waals surface area contributed by atoms with E-state index in [9.17, 15) is 13.2 Å². The molecule has 0 fully saturated rings. The minimum absolute atomic E-state index is 0.188. The van der Waals surface area contributed by atoms with Gasteiger partial charge in [0.2, 0.25) is 0 Å². The van der Waals surface area contributed by atoms with Crippen molar-refractivity contribution in [1.29, 1.82) is 0 Å². The second-order valence-electron chi connectivity index (χ2n) is 2.75. The zero-order valence-corrected chi connectivity index (χ0v) is 8.83. The number of carbonyl (C=O) groups excluding carboxylic acids is 1. The molecule has 0 aliphatic heterocycles. The van der Waals surface area contributed by atoms with Gasteiger partial charge in [-0.25, -0.2) is 8.42 Å². The standard InChI is InChI=1S/C9H9ClO3S/c10-8(6-11)7-14(12,13)9-4-2-1-3-5-9/h1-6,8H,7H2. The molecule has 14 heavy (non-hydrogen) atoms. The summed E-state index contributed by atoms with van der Waals surface area (Å²) < 4.78 is 23.1. The van der Waals surface area contributed by atoms with Crippen LogP contribution in [0.15, 0.2) is 35.2 Å². The first-order valence-electron chi connectivity index (χ1n) is 3.93. The van der Waals surface area contributed by atoms with E-state index in [4.69, 9.17) is 11.6 Å². The number of hydrogen-bond acceptors (Lipinski definition) is 3. The molecule has 0 aliphatic carbocycles. The number of carbonyl (C=O) groups is 1. The summed E-state index contributed by atoms with van der Waals surface area (Å²) in [7, 11) is -3.43. The molecule has 1 atom stereocenters. The molecule has 1 aromatic rings. The predicted octanol–water partition coefficient (Wildman–Crippen LogP) is 1.27. The number of alkyl halides is 1. The van der Waals surface area contributed by atoms with Crippen LogP contribution in [0.2, 0.25) is 0 Å². The highest BCUT2D eigenvalue weighted by molar-refractivity contribution is 7.91. The molecule has 0 saturated heterocycles. The van der Waals surface area contributed by atoms with Gasteiger partial charge in [-0.2, -0.15) is 0 Å². The number of rotatable bonds is 4. The van der Waals surface area contributed by atoms with Gasteiger partial charge >= 0.3 is 0 Å². The molecule has 0 heterocycles. The van der Waals surface area contributed by atoms with Gasteiger partial charge in [0.15, 0.2) is 9.84 Å². The maximum Gasteiger partial charge on any atom is 0.180 e. The Balaban J connectivity index is 2.92. The van der Waals surface area contributed by atoms with E-state index in [2.05, 4.69) is 0 Å². The second kappa shape index (κ2) is 4.57. The van der Waals surface area contributed by atoms with E-state index in [0.29, 0.717) is 6.29 Å². The van der Waals surface area contributed by atoms with Gasteiger partial charge in [0, 0.05) is 0 Å². The molecule has 0 spiro atoms. The Morgan fingerprint density at radius 3 is 2.36 bits per heavy atom. The Morgan fingerprint density at radius 1 is 1.29 bits per heavy atom. The van der Waals surface area contributed by atoms with E-state index in [1.807, 2.05) is 0 Å². The fourth-order valence-electron chi connectivity index (χ4n) is 0.973. The lowest BCUT2D eigenvalue weighted by Crippen LogP contribution is -2.17. The van der Waals surface area contributed by atoms with Crippen LogP contribution < -0.4 is 0 Å². The summed E-state index contributed by atoms with van der Waals surface area (Å²) in [6, 6.07) is 7.92. The minimum atomic E-state index is -3.43. The number of aldehydes is 1. The van der Waals surface area contributed by atoms with Crippen LogP contribution in [0.25, 0.3) is 0 Å². The highest BCUT2D eigenvalue weighted by Crippen LogP contribution is 2.12. The van der Waals surface area contributed by atoms with Crippen molar-refractivity contribution in [2.75, 3.05) is 5.75 Å². The molecule has 0 radical (unpaired) electrons. The maximum absolute atomic E-state index is 11.6. The third-order valence-corrected chi connectivity index (χ3v) is 3.86. The summed E-state index contributed by atoms with van der Waals surface area (Å²) in [5, 5.41) is -0.986. The van der Waals surface area contributed by atoms with Gasteiger partial charge in [0.25, 0.3) is 0 Å². The van der Waals surface area contributed by atoms with Crippen molar-refractivity contribution in [3.8, 4) is 0 Å². The number of sulfone groups is 1. The lowest BCUT2D eigenvalue weighted by molar-refractivity contribution is -0.107. The summed E-state index contributed by atoms with van der Waals surface area (Å²) in [4.78, 5) is 10.4. The van der Waals surface area contributed by atoms with Gasteiger partial charge < -0.3 is 4.79 Å². The molecule has 1 aromatic carbocycles. The zero-order valence-electron chi connectivity index (χ0n) is 7.26. The van der Waals surface area contributed by atoms with Crippen LogP contribution in [0.1, 0.15) is 0 Å². The van der Waals surface area contributed by atoms with Crippen LogP contribution >= 0.6 is 11.6 Å². The SMILES string of the molecule is O=CC(Cl)CS(=O)(=O)c1ccccc1. The fraction of sp³-hybridized carbons (Fsp3) is 0.222. The summed E-state index contributed by atoms with van der Waals surface area (Å²) in [6.45, 7) is 0. The van der Waals surface area contributed by atoms with E-state index < -0.39 is 15.2 Å². The number of benzene rings is 1. The summed E-state index contributed by atoms with van der Waals surface area (Å²) in [6.07, 6.45) is 0.419. The first-order chi connectivity index (χ1) is 6.56. The van der Waals surface area contributed by atoms with Crippen molar-refractivity contribution in [2.45, 2.75) is 10.3 Å². The third-order valence-electron chi connectivity index (χ3n) is 1.63. The highest BCUT2D eigenvalue weighted by atomic mass is 35.5. The van der Waals surface area contributed by atoms with E-state index in [-0.39, 0.29) is 10.6 Å². The van der Waals surface area contributed by atoms with Crippen LogP contribution in [-0.2, 0) is 14.6 Å². The number of hydrogen-bond donors (Lipinski definition) is 0. The normalized spacial score (nSPS) is 13.5. The average Bonchev–Trinajstić information content (AvgIpc) is 2.18. The molecule has 0 aromatic heterocycles. The smallest absolute Gasteiger partial charge is 0.180 e. The van der Waals surface area contributed by atoms with Crippen molar-refractivity contribution in [3.63, 3.8) is 0 Å². The molecule has 0 N–H and O–H groups in total. The minimum Gasteiger partial charge on any atom is -0.302 e. The topological polar surface area (TPSA) is 51.2 Å². The molecule has 0 amide bonds. The maximum atomic E-state index is 11.6. The van der Waals surface area contributed by atoms with E-state index >= 15 is 0 Å². The molecular weight excluding hydrogens is 224 g/mol. The molecule has 76 valence electrons. The van der Waals surface area contributed by atoms with Crippen molar-refractivity contribution >= 4 is 27.7 Å². The van der Waals surface area contributed by atoms with E-state index in [0.717, 1.165) is 0 Å². The Labute approximate surface area is 87.6 Å². The molecule has 5 heteroatoms. The van der Waals surface area contributed by atoms with Crippen LogP contribution in [0, 0.1) is 0 Å². The molecule has 0 bridgehead atoms. The first kappa shape index (κ1) is 11.2.